The minimum absolute atomic E-state index is 0.187. The van der Waals surface area contributed by atoms with Crippen molar-refractivity contribution >= 4 is 21.8 Å². The third kappa shape index (κ3) is 2.60. The molecule has 0 amide bonds. The van der Waals surface area contributed by atoms with E-state index in [-0.39, 0.29) is 16.7 Å². The van der Waals surface area contributed by atoms with Crippen LogP contribution in [0.15, 0.2) is 33.9 Å². The number of sulfonamides is 1. The van der Waals surface area contributed by atoms with E-state index in [2.05, 4.69) is 14.6 Å². The quantitative estimate of drug-likeness (QED) is 0.825. The molecule has 2 aromatic heterocycles. The number of carbonyl (C=O) groups is 1. The molecular weight excluding hydrogens is 274 g/mol. The fourth-order valence-electron chi connectivity index (χ4n) is 1.34. The molecule has 0 bridgehead atoms. The van der Waals surface area contributed by atoms with Crippen LogP contribution in [0, 0.1) is 0 Å². The smallest absolute Gasteiger partial charge is 0.374 e. The van der Waals surface area contributed by atoms with Gasteiger partial charge in [0, 0.05) is 13.1 Å². The van der Waals surface area contributed by atoms with E-state index >= 15 is 0 Å². The molecule has 0 atom stereocenters. The highest BCUT2D eigenvalue weighted by Gasteiger charge is 2.22. The van der Waals surface area contributed by atoms with E-state index in [1.165, 1.54) is 36.2 Å². The Morgan fingerprint density at radius 2 is 2.16 bits per heavy atom. The van der Waals surface area contributed by atoms with Crippen molar-refractivity contribution in [2.45, 2.75) is 5.09 Å². The fourth-order valence-corrected chi connectivity index (χ4v) is 2.36. The first-order valence-corrected chi connectivity index (χ1v) is 6.61. The zero-order valence-corrected chi connectivity index (χ0v) is 11.0. The topological polar surface area (TPSA) is 103 Å². The van der Waals surface area contributed by atoms with Gasteiger partial charge in [0.1, 0.15) is 5.82 Å². The van der Waals surface area contributed by atoms with Crippen LogP contribution < -0.4 is 4.72 Å². The van der Waals surface area contributed by atoms with Gasteiger partial charge in [0.15, 0.2) is 0 Å². The lowest BCUT2D eigenvalue weighted by atomic mass is 10.5. The van der Waals surface area contributed by atoms with Crippen molar-refractivity contribution in [3.63, 3.8) is 0 Å². The van der Waals surface area contributed by atoms with Crippen LogP contribution in [-0.2, 0) is 21.8 Å². The molecule has 0 saturated carbocycles. The summed E-state index contributed by atoms with van der Waals surface area (Å²) in [5.41, 5.74) is 0. The van der Waals surface area contributed by atoms with Crippen molar-refractivity contribution < 1.29 is 22.4 Å². The molecule has 0 spiro atoms. The minimum atomic E-state index is -3.91. The lowest BCUT2D eigenvalue weighted by Gasteiger charge is -2.05. The second-order valence-electron chi connectivity index (χ2n) is 3.56. The normalized spacial score (nSPS) is 11.3. The molecule has 0 aliphatic rings. The van der Waals surface area contributed by atoms with Gasteiger partial charge >= 0.3 is 5.97 Å². The van der Waals surface area contributed by atoms with Crippen molar-refractivity contribution in [2.24, 2.45) is 7.05 Å². The van der Waals surface area contributed by atoms with Gasteiger partial charge in [-0.05, 0) is 12.1 Å². The fraction of sp³-hybridized carbons (Fsp3) is 0.200. The van der Waals surface area contributed by atoms with E-state index in [1.807, 2.05) is 0 Å². The van der Waals surface area contributed by atoms with E-state index < -0.39 is 16.0 Å². The first kappa shape index (κ1) is 13.1. The number of carbonyl (C=O) groups excluding carboxylic acids is 1. The molecule has 0 radical (unpaired) electrons. The van der Waals surface area contributed by atoms with Crippen molar-refractivity contribution in [1.29, 1.82) is 0 Å². The lowest BCUT2D eigenvalue weighted by molar-refractivity contribution is 0.0559. The average molecular weight is 285 g/mol. The van der Waals surface area contributed by atoms with Crippen LogP contribution in [0.3, 0.4) is 0 Å². The number of anilines is 1. The molecule has 0 saturated heterocycles. The first-order valence-electron chi connectivity index (χ1n) is 5.13. The summed E-state index contributed by atoms with van der Waals surface area (Å²) < 4.78 is 36.9. The minimum Gasteiger partial charge on any atom is -0.463 e. The first-order chi connectivity index (χ1) is 8.94. The summed E-state index contributed by atoms with van der Waals surface area (Å²) in [6.45, 7) is 0. The van der Waals surface area contributed by atoms with Crippen LogP contribution in [0.2, 0.25) is 0 Å². The number of nitrogens with zero attached hydrogens (tertiary/aromatic N) is 2. The molecule has 19 heavy (non-hydrogen) atoms. The maximum absolute atomic E-state index is 12.0. The standard InChI is InChI=1S/C10H11N3O5S/c1-13-8(5-6-11-13)12-19(15,16)9-4-3-7(18-9)10(14)17-2/h3-6,12H,1-2H3. The van der Waals surface area contributed by atoms with Crippen LogP contribution in [0.25, 0.3) is 0 Å². The van der Waals surface area contributed by atoms with Gasteiger partial charge in [-0.2, -0.15) is 13.5 Å². The second kappa shape index (κ2) is 4.76. The van der Waals surface area contributed by atoms with Crippen molar-refractivity contribution in [2.75, 3.05) is 11.8 Å². The van der Waals surface area contributed by atoms with Crippen LogP contribution in [0.4, 0.5) is 5.82 Å². The molecule has 0 aliphatic heterocycles. The second-order valence-corrected chi connectivity index (χ2v) is 5.17. The van der Waals surface area contributed by atoms with Gasteiger partial charge in [-0.15, -0.1) is 0 Å². The summed E-state index contributed by atoms with van der Waals surface area (Å²) >= 11 is 0. The lowest BCUT2D eigenvalue weighted by Crippen LogP contribution is -2.14. The van der Waals surface area contributed by atoms with Gasteiger partial charge in [-0.3, -0.25) is 9.40 Å². The van der Waals surface area contributed by atoms with Crippen LogP contribution in [-0.4, -0.2) is 31.3 Å². The molecular formula is C10H11N3O5S. The van der Waals surface area contributed by atoms with Gasteiger partial charge in [-0.1, -0.05) is 0 Å². The number of furan rings is 1. The average Bonchev–Trinajstić information content (AvgIpc) is 2.98. The Morgan fingerprint density at radius 1 is 1.42 bits per heavy atom. The highest BCUT2D eigenvalue weighted by atomic mass is 32.2. The molecule has 102 valence electrons. The summed E-state index contributed by atoms with van der Waals surface area (Å²) in [6, 6.07) is 3.89. The third-order valence-corrected chi connectivity index (χ3v) is 3.52. The summed E-state index contributed by atoms with van der Waals surface area (Å²) in [7, 11) is -1.16. The number of aromatic nitrogens is 2. The third-order valence-electron chi connectivity index (χ3n) is 2.29. The molecule has 2 rings (SSSR count). The molecule has 9 heteroatoms. The van der Waals surface area contributed by atoms with E-state index in [0.29, 0.717) is 0 Å². The van der Waals surface area contributed by atoms with E-state index in [4.69, 9.17) is 4.42 Å². The maximum Gasteiger partial charge on any atom is 0.374 e. The Hall–Kier alpha value is -2.29. The number of methoxy groups -OCH3 is 1. The highest BCUT2D eigenvalue weighted by Crippen LogP contribution is 2.18. The molecule has 2 heterocycles. The van der Waals surface area contributed by atoms with Crippen LogP contribution in [0.1, 0.15) is 10.6 Å². The summed E-state index contributed by atoms with van der Waals surface area (Å²) in [5, 5.41) is 3.45. The van der Waals surface area contributed by atoms with E-state index in [9.17, 15) is 13.2 Å². The van der Waals surface area contributed by atoms with Crippen molar-refractivity contribution in [1.82, 2.24) is 9.78 Å². The van der Waals surface area contributed by atoms with E-state index in [0.717, 1.165) is 0 Å². The van der Waals surface area contributed by atoms with Crippen molar-refractivity contribution in [3.8, 4) is 0 Å². The summed E-state index contributed by atoms with van der Waals surface area (Å²) in [4.78, 5) is 11.2. The number of esters is 1. The van der Waals surface area contributed by atoms with Gasteiger partial charge in [0.05, 0.1) is 13.3 Å². The van der Waals surface area contributed by atoms with Gasteiger partial charge < -0.3 is 9.15 Å². The summed E-state index contributed by atoms with van der Waals surface area (Å²) in [6.07, 6.45) is 1.44. The Morgan fingerprint density at radius 3 is 2.74 bits per heavy atom. The SMILES string of the molecule is COC(=O)c1ccc(S(=O)(=O)Nc2ccnn2C)o1. The van der Waals surface area contributed by atoms with E-state index in [1.54, 1.807) is 7.05 Å². The molecule has 8 nitrogen and oxygen atoms in total. The Labute approximate surface area is 109 Å². The molecule has 1 N–H and O–H groups in total. The zero-order valence-electron chi connectivity index (χ0n) is 10.2. The molecule has 0 unspecified atom stereocenters. The van der Waals surface area contributed by atoms with Gasteiger partial charge in [-0.25, -0.2) is 4.79 Å². The number of nitrogens with one attached hydrogen (secondary N) is 1. The van der Waals surface area contributed by atoms with Crippen LogP contribution in [0.5, 0.6) is 0 Å². The Balaban J connectivity index is 2.27. The van der Waals surface area contributed by atoms with Gasteiger partial charge in [0.25, 0.3) is 10.0 Å². The Kier molecular flexibility index (Phi) is 3.30. The van der Waals surface area contributed by atoms with Crippen LogP contribution >= 0.6 is 0 Å². The monoisotopic (exact) mass is 285 g/mol. The molecule has 0 aromatic carbocycles. The molecule has 2 aromatic rings. The maximum atomic E-state index is 12.0. The van der Waals surface area contributed by atoms with Gasteiger partial charge in [0.2, 0.25) is 10.9 Å². The predicted octanol–water partition coefficient (Wildman–Crippen LogP) is 0.601. The highest BCUT2D eigenvalue weighted by molar-refractivity contribution is 7.92. The number of rotatable bonds is 4. The number of aryl methyl sites for hydroxylation is 1. The van der Waals surface area contributed by atoms with Crippen molar-refractivity contribution in [3.05, 3.63) is 30.2 Å². The number of ether oxygens (including phenoxy) is 1. The molecule has 0 aliphatic carbocycles. The molecule has 0 fully saturated rings. The largest absolute Gasteiger partial charge is 0.463 e. The Bertz CT molecular complexity index is 700. The number of hydrogen-bond acceptors (Lipinski definition) is 6. The predicted molar refractivity (Wildman–Crippen MR) is 64.1 cm³/mol. The number of hydrogen-bond donors (Lipinski definition) is 1. The summed E-state index contributed by atoms with van der Waals surface area (Å²) in [5.74, 6) is -0.661. The zero-order chi connectivity index (χ0) is 14.0.